The maximum Gasteiger partial charge on any atom is 0.292 e. The van der Waals surface area contributed by atoms with Gasteiger partial charge in [0.05, 0.1) is 9.82 Å². The summed E-state index contributed by atoms with van der Waals surface area (Å²) in [6.07, 6.45) is 0. The normalized spacial score (nSPS) is 15.5. The third-order valence-corrected chi connectivity index (χ3v) is 7.12. The largest absolute Gasteiger partial charge is 0.377 e. The van der Waals surface area contributed by atoms with Gasteiger partial charge in [0.1, 0.15) is 5.69 Å². The minimum Gasteiger partial charge on any atom is -0.377 e. The molecule has 0 unspecified atom stereocenters. The van der Waals surface area contributed by atoms with Gasteiger partial charge >= 0.3 is 0 Å². The number of benzene rings is 2. The third-order valence-electron chi connectivity index (χ3n) is 4.68. The second-order valence-electron chi connectivity index (χ2n) is 7.10. The van der Waals surface area contributed by atoms with Gasteiger partial charge in [0, 0.05) is 48.4 Å². The fraction of sp³-hybridized carbons (Fsp3) is 0.368. The van der Waals surface area contributed by atoms with Gasteiger partial charge in [-0.3, -0.25) is 10.1 Å². The molecule has 1 saturated heterocycles. The van der Waals surface area contributed by atoms with Crippen molar-refractivity contribution in [3.05, 3.63) is 57.1 Å². The van der Waals surface area contributed by atoms with Gasteiger partial charge in [-0.1, -0.05) is 15.9 Å². The minimum absolute atomic E-state index is 0.0268. The molecule has 10 heteroatoms. The molecule has 8 nitrogen and oxygen atoms in total. The molecule has 1 N–H and O–H groups in total. The fourth-order valence-electron chi connectivity index (χ4n) is 3.25. The number of halogens is 1. The molecule has 0 saturated carbocycles. The Morgan fingerprint density at radius 1 is 1.07 bits per heavy atom. The number of rotatable bonds is 6. The zero-order valence-corrected chi connectivity index (χ0v) is 18.6. The molecular weight excluding hydrogens is 460 g/mol. The number of nitro benzene ring substituents is 1. The topological polar surface area (TPSA) is 95.8 Å². The third kappa shape index (κ3) is 4.88. The molecule has 1 aliphatic heterocycles. The highest BCUT2D eigenvalue weighted by Gasteiger charge is 2.29. The lowest BCUT2D eigenvalue weighted by molar-refractivity contribution is -0.384. The number of anilines is 2. The van der Waals surface area contributed by atoms with E-state index in [1.807, 2.05) is 18.7 Å². The summed E-state index contributed by atoms with van der Waals surface area (Å²) >= 11 is 3.31. The van der Waals surface area contributed by atoms with Crippen molar-refractivity contribution in [3.63, 3.8) is 0 Å². The van der Waals surface area contributed by atoms with Crippen LogP contribution in [0.4, 0.5) is 17.1 Å². The highest BCUT2D eigenvalue weighted by molar-refractivity contribution is 9.10. The van der Waals surface area contributed by atoms with Gasteiger partial charge in [0.25, 0.3) is 5.69 Å². The SMILES string of the molecule is CC(C)Nc1cc(N2CCN(S(=O)(=O)c3ccc(Br)cc3)CC2)ccc1[N+](=O)[O-]. The first kappa shape index (κ1) is 21.5. The Labute approximate surface area is 178 Å². The number of nitrogens with zero attached hydrogens (tertiary/aromatic N) is 3. The summed E-state index contributed by atoms with van der Waals surface area (Å²) in [7, 11) is -3.54. The number of hydrogen-bond donors (Lipinski definition) is 1. The fourth-order valence-corrected chi connectivity index (χ4v) is 4.94. The van der Waals surface area contributed by atoms with E-state index in [1.54, 1.807) is 36.4 Å². The van der Waals surface area contributed by atoms with Crippen molar-refractivity contribution in [2.45, 2.75) is 24.8 Å². The molecule has 0 aliphatic carbocycles. The van der Waals surface area contributed by atoms with Gasteiger partial charge in [-0.2, -0.15) is 4.31 Å². The number of hydrogen-bond acceptors (Lipinski definition) is 6. The zero-order chi connectivity index (χ0) is 21.2. The second kappa shape index (κ2) is 8.68. The smallest absolute Gasteiger partial charge is 0.292 e. The van der Waals surface area contributed by atoms with Gasteiger partial charge in [-0.15, -0.1) is 0 Å². The molecule has 2 aromatic rings. The van der Waals surface area contributed by atoms with E-state index in [4.69, 9.17) is 0 Å². The molecule has 0 amide bonds. The van der Waals surface area contributed by atoms with E-state index in [0.29, 0.717) is 31.9 Å². The van der Waals surface area contributed by atoms with Crippen molar-refractivity contribution in [2.75, 3.05) is 36.4 Å². The maximum absolute atomic E-state index is 12.8. The number of piperazine rings is 1. The van der Waals surface area contributed by atoms with Crippen molar-refractivity contribution in [1.82, 2.24) is 4.31 Å². The van der Waals surface area contributed by atoms with Gasteiger partial charge in [0.2, 0.25) is 10.0 Å². The van der Waals surface area contributed by atoms with Crippen molar-refractivity contribution >= 4 is 43.0 Å². The first-order chi connectivity index (χ1) is 13.7. The van der Waals surface area contributed by atoms with Crippen LogP contribution in [0.2, 0.25) is 0 Å². The predicted octanol–water partition coefficient (Wildman–Crippen LogP) is 3.69. The van der Waals surface area contributed by atoms with Crippen LogP contribution in [0.25, 0.3) is 0 Å². The van der Waals surface area contributed by atoms with Crippen LogP contribution in [0.1, 0.15) is 13.8 Å². The van der Waals surface area contributed by atoms with Crippen LogP contribution in [0.3, 0.4) is 0 Å². The highest BCUT2D eigenvalue weighted by Crippen LogP contribution is 2.31. The summed E-state index contributed by atoms with van der Waals surface area (Å²) in [5.41, 5.74) is 1.32. The number of nitro groups is 1. The Kier molecular flexibility index (Phi) is 6.45. The molecular formula is C19H23BrN4O4S. The van der Waals surface area contributed by atoms with E-state index in [-0.39, 0.29) is 16.6 Å². The van der Waals surface area contributed by atoms with Crippen LogP contribution in [-0.2, 0) is 10.0 Å². The number of sulfonamides is 1. The molecule has 0 bridgehead atoms. The molecule has 1 aliphatic rings. The Hall–Kier alpha value is -2.17. The molecule has 29 heavy (non-hydrogen) atoms. The predicted molar refractivity (Wildman–Crippen MR) is 117 cm³/mol. The van der Waals surface area contributed by atoms with E-state index in [2.05, 4.69) is 21.2 Å². The summed E-state index contributed by atoms with van der Waals surface area (Å²) in [6, 6.07) is 11.6. The van der Waals surface area contributed by atoms with Gasteiger partial charge in [-0.05, 0) is 50.2 Å². The van der Waals surface area contributed by atoms with E-state index in [0.717, 1.165) is 10.2 Å². The summed E-state index contributed by atoms with van der Waals surface area (Å²) in [4.78, 5) is 13.2. The Bertz CT molecular complexity index is 988. The standard InChI is InChI=1S/C19H23BrN4O4S/c1-14(2)21-18-13-16(5-8-19(18)24(25)26)22-9-11-23(12-10-22)29(27,28)17-6-3-15(20)4-7-17/h3-8,13-14,21H,9-12H2,1-2H3. The Morgan fingerprint density at radius 2 is 1.69 bits per heavy atom. The molecule has 1 heterocycles. The first-order valence-corrected chi connectivity index (χ1v) is 11.5. The summed E-state index contributed by atoms with van der Waals surface area (Å²) in [5.74, 6) is 0. The van der Waals surface area contributed by atoms with Gasteiger partial charge in [-0.25, -0.2) is 8.42 Å². The summed E-state index contributed by atoms with van der Waals surface area (Å²) in [5, 5.41) is 14.4. The molecule has 0 spiro atoms. The van der Waals surface area contributed by atoms with E-state index >= 15 is 0 Å². The zero-order valence-electron chi connectivity index (χ0n) is 16.2. The molecule has 1 fully saturated rings. The Balaban J connectivity index is 1.75. The van der Waals surface area contributed by atoms with Crippen LogP contribution >= 0.6 is 15.9 Å². The average Bonchev–Trinajstić information content (AvgIpc) is 2.67. The molecule has 0 atom stereocenters. The quantitative estimate of drug-likeness (QED) is 0.498. The monoisotopic (exact) mass is 482 g/mol. The molecule has 156 valence electrons. The van der Waals surface area contributed by atoms with Crippen molar-refractivity contribution < 1.29 is 13.3 Å². The molecule has 0 radical (unpaired) electrons. The lowest BCUT2D eigenvalue weighted by Crippen LogP contribution is -2.48. The second-order valence-corrected chi connectivity index (χ2v) is 9.96. The highest BCUT2D eigenvalue weighted by atomic mass is 79.9. The van der Waals surface area contributed by atoms with Crippen LogP contribution in [0.5, 0.6) is 0 Å². The Morgan fingerprint density at radius 3 is 2.24 bits per heavy atom. The van der Waals surface area contributed by atoms with Crippen molar-refractivity contribution in [3.8, 4) is 0 Å². The van der Waals surface area contributed by atoms with Crippen molar-refractivity contribution in [1.29, 1.82) is 0 Å². The van der Waals surface area contributed by atoms with Crippen LogP contribution in [-0.4, -0.2) is 49.9 Å². The maximum atomic E-state index is 12.8. The minimum atomic E-state index is -3.54. The van der Waals surface area contributed by atoms with Crippen LogP contribution in [0.15, 0.2) is 51.8 Å². The van der Waals surface area contributed by atoms with Crippen LogP contribution < -0.4 is 10.2 Å². The lowest BCUT2D eigenvalue weighted by atomic mass is 10.2. The van der Waals surface area contributed by atoms with E-state index in [1.165, 1.54) is 10.4 Å². The summed E-state index contributed by atoms with van der Waals surface area (Å²) in [6.45, 7) is 5.55. The van der Waals surface area contributed by atoms with Crippen molar-refractivity contribution in [2.24, 2.45) is 0 Å². The average molecular weight is 483 g/mol. The van der Waals surface area contributed by atoms with Gasteiger partial charge in [0.15, 0.2) is 0 Å². The molecule has 3 rings (SSSR count). The number of nitrogens with one attached hydrogen (secondary N) is 1. The lowest BCUT2D eigenvalue weighted by Gasteiger charge is -2.35. The van der Waals surface area contributed by atoms with Crippen LogP contribution in [0, 0.1) is 10.1 Å². The van der Waals surface area contributed by atoms with E-state index < -0.39 is 14.9 Å². The first-order valence-electron chi connectivity index (χ1n) is 9.24. The van der Waals surface area contributed by atoms with E-state index in [9.17, 15) is 18.5 Å². The van der Waals surface area contributed by atoms with Gasteiger partial charge < -0.3 is 10.2 Å². The summed E-state index contributed by atoms with van der Waals surface area (Å²) < 4.78 is 28.0. The molecule has 2 aromatic carbocycles. The molecule has 0 aromatic heterocycles.